The van der Waals surface area contributed by atoms with Gasteiger partial charge in [-0.25, -0.2) is 0 Å². The molecular formula is C24H16O2S2. The van der Waals surface area contributed by atoms with Crippen LogP contribution >= 0.6 is 22.7 Å². The molecule has 0 saturated carbocycles. The highest BCUT2D eigenvalue weighted by atomic mass is 32.1. The highest BCUT2D eigenvalue weighted by molar-refractivity contribution is 7.36. The summed E-state index contributed by atoms with van der Waals surface area (Å²) in [5.74, 6) is 1.80. The minimum Gasteiger partial charge on any atom is -0.497 e. The van der Waals surface area contributed by atoms with Crippen molar-refractivity contribution < 1.29 is 9.47 Å². The maximum Gasteiger partial charge on any atom is 0.119 e. The number of ether oxygens (including phenoxy) is 2. The lowest BCUT2D eigenvalue weighted by atomic mass is 10.1. The maximum atomic E-state index is 5.41. The zero-order valence-electron chi connectivity index (χ0n) is 15.4. The van der Waals surface area contributed by atoms with E-state index in [1.165, 1.54) is 51.1 Å². The van der Waals surface area contributed by atoms with Gasteiger partial charge in [-0.05, 0) is 70.1 Å². The largest absolute Gasteiger partial charge is 0.497 e. The van der Waals surface area contributed by atoms with Crippen LogP contribution in [0.3, 0.4) is 0 Å². The van der Waals surface area contributed by atoms with Gasteiger partial charge in [0.15, 0.2) is 0 Å². The number of thiophene rings is 2. The Kier molecular flexibility index (Phi) is 3.37. The lowest BCUT2D eigenvalue weighted by Gasteiger charge is -2.03. The normalized spacial score (nSPS) is 11.9. The summed E-state index contributed by atoms with van der Waals surface area (Å²) in [5.41, 5.74) is 0. The molecule has 6 aromatic rings. The van der Waals surface area contributed by atoms with Crippen molar-refractivity contribution in [3.63, 3.8) is 0 Å². The van der Waals surface area contributed by atoms with Crippen molar-refractivity contribution in [1.29, 1.82) is 0 Å². The Morgan fingerprint density at radius 2 is 1.00 bits per heavy atom. The van der Waals surface area contributed by atoms with E-state index in [4.69, 9.17) is 9.47 Å². The molecule has 0 N–H and O–H groups in total. The lowest BCUT2D eigenvalue weighted by Crippen LogP contribution is -1.82. The molecule has 4 heteroatoms. The zero-order chi connectivity index (χ0) is 18.8. The van der Waals surface area contributed by atoms with Gasteiger partial charge in [-0.2, -0.15) is 0 Å². The molecule has 2 nitrogen and oxygen atoms in total. The van der Waals surface area contributed by atoms with Crippen molar-refractivity contribution in [3.05, 3.63) is 60.7 Å². The van der Waals surface area contributed by atoms with E-state index in [9.17, 15) is 0 Å². The predicted octanol–water partition coefficient (Wildman–Crippen LogP) is 7.59. The second-order valence-electron chi connectivity index (χ2n) is 6.99. The maximum absolute atomic E-state index is 5.41. The number of hydrogen-bond acceptors (Lipinski definition) is 4. The number of fused-ring (bicyclic) bond motifs is 7. The Morgan fingerprint density at radius 1 is 0.536 bits per heavy atom. The SMILES string of the molecule is COc1ccc2cc3sc4c5cc6cc(OC)ccc6cc5sc4c3cc2c1. The van der Waals surface area contributed by atoms with E-state index in [2.05, 4.69) is 48.5 Å². The molecule has 4 aromatic carbocycles. The molecule has 0 aliphatic heterocycles. The molecule has 0 aliphatic carbocycles. The van der Waals surface area contributed by atoms with Gasteiger partial charge < -0.3 is 9.47 Å². The van der Waals surface area contributed by atoms with Gasteiger partial charge in [-0.15, -0.1) is 22.7 Å². The van der Waals surface area contributed by atoms with Crippen LogP contribution in [0.15, 0.2) is 60.7 Å². The number of methoxy groups -OCH3 is 2. The molecular weight excluding hydrogens is 384 g/mol. The Morgan fingerprint density at radius 3 is 1.43 bits per heavy atom. The standard InChI is InChI=1S/C24H16O2S2/c1-25-17-5-3-13-11-21-19(9-15(13)7-17)23-24(27-21)20-10-16-8-18(26-2)6-4-14(16)12-22(20)28-23/h3-12H,1-2H3. The monoisotopic (exact) mass is 400 g/mol. The average molecular weight is 401 g/mol. The minimum atomic E-state index is 0.898. The molecule has 0 bridgehead atoms. The molecule has 6 rings (SSSR count). The van der Waals surface area contributed by atoms with Gasteiger partial charge in [0.05, 0.1) is 23.6 Å². The first kappa shape index (κ1) is 16.2. The summed E-state index contributed by atoms with van der Waals surface area (Å²) in [4.78, 5) is 0. The smallest absolute Gasteiger partial charge is 0.119 e. The van der Waals surface area contributed by atoms with E-state index in [0.29, 0.717) is 0 Å². The summed E-state index contributed by atoms with van der Waals surface area (Å²) in [7, 11) is 3.43. The van der Waals surface area contributed by atoms with E-state index in [1.807, 2.05) is 34.8 Å². The van der Waals surface area contributed by atoms with Crippen molar-refractivity contribution in [3.8, 4) is 11.5 Å². The molecule has 136 valence electrons. The highest BCUT2D eigenvalue weighted by Crippen LogP contribution is 2.46. The molecule has 2 heterocycles. The van der Waals surface area contributed by atoms with E-state index in [1.54, 1.807) is 14.2 Å². The van der Waals surface area contributed by atoms with Crippen molar-refractivity contribution in [2.75, 3.05) is 14.2 Å². The van der Waals surface area contributed by atoms with Gasteiger partial charge in [-0.1, -0.05) is 12.1 Å². The third-order valence-corrected chi connectivity index (χ3v) is 7.91. The first-order valence-electron chi connectivity index (χ1n) is 9.08. The van der Waals surface area contributed by atoms with E-state index >= 15 is 0 Å². The second-order valence-corrected chi connectivity index (χ2v) is 9.09. The van der Waals surface area contributed by atoms with Gasteiger partial charge in [0.25, 0.3) is 0 Å². The van der Waals surface area contributed by atoms with Crippen LogP contribution in [-0.4, -0.2) is 14.2 Å². The van der Waals surface area contributed by atoms with Crippen LogP contribution in [-0.2, 0) is 0 Å². The van der Waals surface area contributed by atoms with Crippen molar-refractivity contribution in [1.82, 2.24) is 0 Å². The summed E-state index contributed by atoms with van der Waals surface area (Å²) in [5, 5.41) is 7.62. The molecule has 0 fully saturated rings. The molecule has 0 unspecified atom stereocenters. The van der Waals surface area contributed by atoms with E-state index in [0.717, 1.165) is 11.5 Å². The van der Waals surface area contributed by atoms with Crippen LogP contribution < -0.4 is 9.47 Å². The zero-order valence-corrected chi connectivity index (χ0v) is 17.0. The summed E-state index contributed by atoms with van der Waals surface area (Å²) >= 11 is 3.78. The average Bonchev–Trinajstić information content (AvgIpc) is 3.25. The summed E-state index contributed by atoms with van der Waals surface area (Å²) < 4.78 is 16.3. The van der Waals surface area contributed by atoms with E-state index < -0.39 is 0 Å². The van der Waals surface area contributed by atoms with Gasteiger partial charge in [0, 0.05) is 20.2 Å². The van der Waals surface area contributed by atoms with Crippen LogP contribution in [0, 0.1) is 0 Å². The molecule has 28 heavy (non-hydrogen) atoms. The van der Waals surface area contributed by atoms with Crippen molar-refractivity contribution in [2.24, 2.45) is 0 Å². The quantitative estimate of drug-likeness (QED) is 0.298. The van der Waals surface area contributed by atoms with Gasteiger partial charge >= 0.3 is 0 Å². The molecule has 0 saturated heterocycles. The molecule has 0 amide bonds. The number of rotatable bonds is 2. The predicted molar refractivity (Wildman–Crippen MR) is 123 cm³/mol. The van der Waals surface area contributed by atoms with Crippen LogP contribution in [0.25, 0.3) is 51.1 Å². The second kappa shape index (κ2) is 5.84. The summed E-state index contributed by atoms with van der Waals surface area (Å²) in [6.45, 7) is 0. The molecule has 2 aromatic heterocycles. The Bertz CT molecular complexity index is 1420. The van der Waals surface area contributed by atoms with Crippen LogP contribution in [0.1, 0.15) is 0 Å². The lowest BCUT2D eigenvalue weighted by molar-refractivity contribution is 0.415. The van der Waals surface area contributed by atoms with Gasteiger partial charge in [0.1, 0.15) is 11.5 Å². The van der Waals surface area contributed by atoms with Crippen molar-refractivity contribution >= 4 is 73.8 Å². The number of hydrogen-bond donors (Lipinski definition) is 0. The summed E-state index contributed by atoms with van der Waals surface area (Å²) in [6.07, 6.45) is 0. The minimum absolute atomic E-state index is 0.898. The fourth-order valence-electron chi connectivity index (χ4n) is 3.95. The fourth-order valence-corrected chi connectivity index (χ4v) is 6.65. The van der Waals surface area contributed by atoms with Crippen LogP contribution in [0.5, 0.6) is 11.5 Å². The molecule has 0 spiro atoms. The topological polar surface area (TPSA) is 18.5 Å². The molecule has 0 radical (unpaired) electrons. The molecule has 0 atom stereocenters. The fraction of sp³-hybridized carbons (Fsp3) is 0.0833. The Hall–Kier alpha value is -2.82. The Labute approximate surface area is 169 Å². The first-order valence-corrected chi connectivity index (χ1v) is 10.7. The Balaban J connectivity index is 1.69. The molecule has 0 aliphatic rings. The first-order chi connectivity index (χ1) is 13.7. The van der Waals surface area contributed by atoms with Crippen molar-refractivity contribution in [2.45, 2.75) is 0 Å². The van der Waals surface area contributed by atoms with Crippen LogP contribution in [0.4, 0.5) is 0 Å². The third-order valence-electron chi connectivity index (χ3n) is 5.41. The van der Waals surface area contributed by atoms with E-state index in [-0.39, 0.29) is 0 Å². The van der Waals surface area contributed by atoms with Gasteiger partial charge in [0.2, 0.25) is 0 Å². The highest BCUT2D eigenvalue weighted by Gasteiger charge is 2.14. The number of benzene rings is 4. The van der Waals surface area contributed by atoms with Crippen LogP contribution in [0.2, 0.25) is 0 Å². The van der Waals surface area contributed by atoms with Gasteiger partial charge in [-0.3, -0.25) is 0 Å². The summed E-state index contributed by atoms with van der Waals surface area (Å²) in [6, 6.07) is 21.8. The third kappa shape index (κ3) is 2.25.